The molecule has 0 bridgehead atoms. The summed E-state index contributed by atoms with van der Waals surface area (Å²) in [6, 6.07) is -0.771. The Kier molecular flexibility index (Phi) is 4.25. The van der Waals surface area contributed by atoms with Gasteiger partial charge < -0.3 is 15.0 Å². The van der Waals surface area contributed by atoms with Crippen LogP contribution >= 0.6 is 0 Å². The van der Waals surface area contributed by atoms with Crippen molar-refractivity contribution < 1.29 is 14.7 Å². The van der Waals surface area contributed by atoms with E-state index in [4.69, 9.17) is 5.11 Å². The lowest BCUT2D eigenvalue weighted by atomic mass is 10.1. The van der Waals surface area contributed by atoms with Gasteiger partial charge in [0.1, 0.15) is 6.04 Å². The second-order valence-corrected chi connectivity index (χ2v) is 5.10. The number of rotatable bonds is 4. The van der Waals surface area contributed by atoms with Gasteiger partial charge in [0.2, 0.25) is 5.91 Å². The lowest BCUT2D eigenvalue weighted by Crippen LogP contribution is -2.40. The zero-order valence-electron chi connectivity index (χ0n) is 11.6. The highest BCUT2D eigenvalue weighted by Gasteiger charge is 2.33. The maximum atomic E-state index is 12.1. The van der Waals surface area contributed by atoms with Crippen molar-refractivity contribution in [3.63, 3.8) is 0 Å². The molecule has 0 spiro atoms. The van der Waals surface area contributed by atoms with E-state index in [-0.39, 0.29) is 18.7 Å². The van der Waals surface area contributed by atoms with E-state index < -0.39 is 23.3 Å². The first kappa shape index (κ1) is 15.0. The molecule has 8 nitrogen and oxygen atoms in total. The minimum absolute atomic E-state index is 0.0414. The number of aromatic amines is 2. The molecule has 8 heteroatoms. The number of hydrogen-bond donors (Lipinski definition) is 3. The number of aryl methyl sites for hydroxylation is 1. The van der Waals surface area contributed by atoms with Crippen LogP contribution in [0.3, 0.4) is 0 Å². The van der Waals surface area contributed by atoms with Gasteiger partial charge in [0.15, 0.2) is 0 Å². The number of carbonyl (C=O) groups excluding carboxylic acids is 1. The first-order valence-electron chi connectivity index (χ1n) is 6.74. The number of carbonyl (C=O) groups is 2. The number of carboxylic acid groups (broad SMARTS) is 1. The highest BCUT2D eigenvalue weighted by Crippen LogP contribution is 2.19. The standard InChI is InChI=1S/C13H17N3O5/c1-7-8(11(18)15-13(21)14-7)4-5-10(17)16-6-2-3-9(16)12(19)20/h9H,2-6H2,1H3,(H,19,20)(H2,14,15,18,21)/t9-/m1/s1. The Bertz CT molecular complexity index is 675. The molecule has 2 heterocycles. The SMILES string of the molecule is Cc1[nH]c(=O)[nH]c(=O)c1CCC(=O)N1CCC[C@@H]1C(=O)O. The lowest BCUT2D eigenvalue weighted by Gasteiger charge is -2.21. The van der Waals surface area contributed by atoms with Crippen molar-refractivity contribution in [1.29, 1.82) is 0 Å². The van der Waals surface area contributed by atoms with Crippen LogP contribution in [-0.4, -0.2) is 44.4 Å². The number of carboxylic acids is 1. The van der Waals surface area contributed by atoms with E-state index in [1.807, 2.05) is 0 Å². The second kappa shape index (κ2) is 5.94. The summed E-state index contributed by atoms with van der Waals surface area (Å²) >= 11 is 0. The predicted molar refractivity (Wildman–Crippen MR) is 73.1 cm³/mol. The summed E-state index contributed by atoms with van der Waals surface area (Å²) in [5.41, 5.74) is -0.333. The zero-order valence-corrected chi connectivity index (χ0v) is 11.6. The number of aliphatic carboxylic acids is 1. The number of amides is 1. The fourth-order valence-electron chi connectivity index (χ4n) is 2.62. The van der Waals surface area contributed by atoms with Crippen LogP contribution in [0.5, 0.6) is 0 Å². The molecule has 21 heavy (non-hydrogen) atoms. The molecule has 0 saturated carbocycles. The Balaban J connectivity index is 2.07. The molecular weight excluding hydrogens is 278 g/mol. The number of likely N-dealkylation sites (tertiary alicyclic amines) is 1. The van der Waals surface area contributed by atoms with Gasteiger partial charge in [-0.2, -0.15) is 0 Å². The maximum absolute atomic E-state index is 12.1. The van der Waals surface area contributed by atoms with Crippen molar-refractivity contribution in [1.82, 2.24) is 14.9 Å². The molecule has 1 atom stereocenters. The van der Waals surface area contributed by atoms with Gasteiger partial charge in [0, 0.05) is 24.2 Å². The molecule has 0 aromatic carbocycles. The van der Waals surface area contributed by atoms with Crippen LogP contribution in [-0.2, 0) is 16.0 Å². The Morgan fingerprint density at radius 2 is 2.05 bits per heavy atom. The number of nitrogens with one attached hydrogen (secondary N) is 2. The van der Waals surface area contributed by atoms with Gasteiger partial charge in [-0.3, -0.25) is 14.6 Å². The molecule has 2 rings (SSSR count). The van der Waals surface area contributed by atoms with Crippen LogP contribution in [0.2, 0.25) is 0 Å². The molecule has 1 fully saturated rings. The van der Waals surface area contributed by atoms with Crippen LogP contribution < -0.4 is 11.2 Å². The summed E-state index contributed by atoms with van der Waals surface area (Å²) in [6.07, 6.45) is 1.33. The third-order valence-electron chi connectivity index (χ3n) is 3.70. The summed E-state index contributed by atoms with van der Waals surface area (Å²) in [5.74, 6) is -1.29. The molecule has 114 valence electrons. The molecule has 1 aliphatic rings. The predicted octanol–water partition coefficient (Wildman–Crippen LogP) is -0.620. The van der Waals surface area contributed by atoms with Crippen LogP contribution in [0.25, 0.3) is 0 Å². The average molecular weight is 295 g/mol. The molecule has 3 N–H and O–H groups in total. The van der Waals surface area contributed by atoms with Gasteiger partial charge in [0.25, 0.3) is 5.56 Å². The fourth-order valence-corrected chi connectivity index (χ4v) is 2.62. The highest BCUT2D eigenvalue weighted by atomic mass is 16.4. The number of hydrogen-bond acceptors (Lipinski definition) is 4. The average Bonchev–Trinajstić information content (AvgIpc) is 2.86. The van der Waals surface area contributed by atoms with Gasteiger partial charge in [-0.05, 0) is 26.2 Å². The quantitative estimate of drug-likeness (QED) is 0.683. The minimum Gasteiger partial charge on any atom is -0.480 e. The molecule has 1 saturated heterocycles. The largest absolute Gasteiger partial charge is 0.480 e. The zero-order chi connectivity index (χ0) is 15.6. The third kappa shape index (κ3) is 3.21. The van der Waals surface area contributed by atoms with Gasteiger partial charge in [0.05, 0.1) is 0 Å². The van der Waals surface area contributed by atoms with E-state index in [0.717, 1.165) is 0 Å². The third-order valence-corrected chi connectivity index (χ3v) is 3.70. The number of nitrogens with zero attached hydrogens (tertiary/aromatic N) is 1. The van der Waals surface area contributed by atoms with E-state index in [9.17, 15) is 19.2 Å². The van der Waals surface area contributed by atoms with Gasteiger partial charge in [-0.1, -0.05) is 0 Å². The maximum Gasteiger partial charge on any atom is 0.326 e. The number of H-pyrrole nitrogens is 2. The Hall–Kier alpha value is -2.38. The fraction of sp³-hybridized carbons (Fsp3) is 0.538. The van der Waals surface area contributed by atoms with Gasteiger partial charge >= 0.3 is 11.7 Å². The molecule has 1 aromatic rings. The summed E-state index contributed by atoms with van der Waals surface area (Å²) in [7, 11) is 0. The van der Waals surface area contributed by atoms with Crippen molar-refractivity contribution in [2.45, 2.75) is 38.6 Å². The molecule has 1 aromatic heterocycles. The number of aromatic nitrogens is 2. The Morgan fingerprint density at radius 3 is 2.67 bits per heavy atom. The molecular formula is C13H17N3O5. The van der Waals surface area contributed by atoms with E-state index >= 15 is 0 Å². The van der Waals surface area contributed by atoms with Crippen molar-refractivity contribution in [3.8, 4) is 0 Å². The monoisotopic (exact) mass is 295 g/mol. The van der Waals surface area contributed by atoms with Crippen molar-refractivity contribution >= 4 is 11.9 Å². The van der Waals surface area contributed by atoms with E-state index in [1.54, 1.807) is 6.92 Å². The van der Waals surface area contributed by atoms with Gasteiger partial charge in [-0.25, -0.2) is 9.59 Å². The van der Waals surface area contributed by atoms with Crippen molar-refractivity contribution in [3.05, 3.63) is 32.1 Å². The summed E-state index contributed by atoms with van der Waals surface area (Å²) < 4.78 is 0. The Labute approximate surface area is 119 Å². The second-order valence-electron chi connectivity index (χ2n) is 5.10. The van der Waals surface area contributed by atoms with E-state index in [2.05, 4.69) is 9.97 Å². The van der Waals surface area contributed by atoms with E-state index in [0.29, 0.717) is 30.6 Å². The lowest BCUT2D eigenvalue weighted by molar-refractivity contribution is -0.148. The van der Waals surface area contributed by atoms with Crippen molar-refractivity contribution in [2.24, 2.45) is 0 Å². The topological polar surface area (TPSA) is 123 Å². The molecule has 0 unspecified atom stereocenters. The van der Waals surface area contributed by atoms with E-state index in [1.165, 1.54) is 4.90 Å². The molecule has 0 aliphatic carbocycles. The molecule has 0 radical (unpaired) electrons. The molecule has 1 aliphatic heterocycles. The Morgan fingerprint density at radius 1 is 1.33 bits per heavy atom. The summed E-state index contributed by atoms with van der Waals surface area (Å²) in [5, 5.41) is 9.05. The summed E-state index contributed by atoms with van der Waals surface area (Å²) in [4.78, 5) is 51.8. The van der Waals surface area contributed by atoms with Crippen LogP contribution in [0.15, 0.2) is 9.59 Å². The first-order chi connectivity index (χ1) is 9.90. The highest BCUT2D eigenvalue weighted by molar-refractivity contribution is 5.84. The normalized spacial score (nSPS) is 18.0. The first-order valence-corrected chi connectivity index (χ1v) is 6.74. The minimum atomic E-state index is -1.00. The van der Waals surface area contributed by atoms with Crippen LogP contribution in [0, 0.1) is 6.92 Å². The van der Waals surface area contributed by atoms with Crippen molar-refractivity contribution in [2.75, 3.05) is 6.54 Å². The molecule has 1 amide bonds. The smallest absolute Gasteiger partial charge is 0.326 e. The summed E-state index contributed by atoms with van der Waals surface area (Å²) in [6.45, 7) is 2.02. The van der Waals surface area contributed by atoms with Gasteiger partial charge in [-0.15, -0.1) is 0 Å². The van der Waals surface area contributed by atoms with Crippen LogP contribution in [0.4, 0.5) is 0 Å². The van der Waals surface area contributed by atoms with Crippen LogP contribution in [0.1, 0.15) is 30.5 Å².